The maximum atomic E-state index is 12.1. The van der Waals surface area contributed by atoms with Gasteiger partial charge < -0.3 is 14.8 Å². The first kappa shape index (κ1) is 15.0. The number of carbonyl (C=O) groups is 2. The monoisotopic (exact) mass is 257 g/mol. The molecule has 1 N–H and O–H groups in total. The molecule has 1 aliphatic rings. The van der Waals surface area contributed by atoms with Crippen LogP contribution in [0.5, 0.6) is 0 Å². The molecule has 0 radical (unpaired) electrons. The van der Waals surface area contributed by atoms with Crippen LogP contribution in [0.25, 0.3) is 0 Å². The van der Waals surface area contributed by atoms with Crippen LogP contribution >= 0.6 is 0 Å². The van der Waals surface area contributed by atoms with Crippen molar-refractivity contribution in [2.75, 3.05) is 26.3 Å². The van der Waals surface area contributed by atoms with E-state index in [0.29, 0.717) is 0 Å². The van der Waals surface area contributed by atoms with E-state index in [-0.39, 0.29) is 19.1 Å². The highest BCUT2D eigenvalue weighted by Gasteiger charge is 2.50. The molecule has 1 rings (SSSR count). The van der Waals surface area contributed by atoms with Crippen molar-refractivity contribution in [1.29, 1.82) is 0 Å². The van der Waals surface area contributed by atoms with Gasteiger partial charge in [0, 0.05) is 0 Å². The second-order valence-corrected chi connectivity index (χ2v) is 4.67. The number of hydrogen-bond acceptors (Lipinski definition) is 5. The highest BCUT2D eigenvalue weighted by molar-refractivity contribution is 6.00. The molecule has 1 fully saturated rings. The molecule has 0 amide bonds. The molecule has 5 heteroatoms. The molecular weight excluding hydrogens is 234 g/mol. The van der Waals surface area contributed by atoms with Crippen LogP contribution < -0.4 is 5.32 Å². The molecule has 1 saturated heterocycles. The van der Waals surface area contributed by atoms with Crippen LogP contribution in [-0.2, 0) is 19.1 Å². The Morgan fingerprint density at radius 1 is 1.11 bits per heavy atom. The fraction of sp³-hybridized carbons (Fsp3) is 0.846. The van der Waals surface area contributed by atoms with Crippen molar-refractivity contribution < 1.29 is 19.1 Å². The van der Waals surface area contributed by atoms with Crippen LogP contribution in [-0.4, -0.2) is 38.2 Å². The van der Waals surface area contributed by atoms with E-state index in [0.717, 1.165) is 25.9 Å². The lowest BCUT2D eigenvalue weighted by Crippen LogP contribution is -2.48. The Hall–Kier alpha value is -1.10. The molecule has 1 heterocycles. The summed E-state index contributed by atoms with van der Waals surface area (Å²) < 4.78 is 10.1. The molecule has 104 valence electrons. The largest absolute Gasteiger partial charge is 0.465 e. The third-order valence-electron chi connectivity index (χ3n) is 3.55. The predicted octanol–water partition coefficient (Wildman–Crippen LogP) is 1.12. The second-order valence-electron chi connectivity index (χ2n) is 4.67. The van der Waals surface area contributed by atoms with Gasteiger partial charge in [-0.2, -0.15) is 0 Å². The summed E-state index contributed by atoms with van der Waals surface area (Å²) in [7, 11) is 0. The summed E-state index contributed by atoms with van der Waals surface area (Å²) in [5, 5.41) is 3.22. The molecule has 5 nitrogen and oxygen atoms in total. The minimum atomic E-state index is -1.17. The Labute approximate surface area is 108 Å². The second kappa shape index (κ2) is 6.73. The molecule has 18 heavy (non-hydrogen) atoms. The Balaban J connectivity index is 2.91. The molecule has 0 spiro atoms. The summed E-state index contributed by atoms with van der Waals surface area (Å²) in [4.78, 5) is 24.3. The summed E-state index contributed by atoms with van der Waals surface area (Å²) >= 11 is 0. The minimum absolute atomic E-state index is 0.0168. The van der Waals surface area contributed by atoms with Crippen molar-refractivity contribution >= 4 is 11.9 Å². The van der Waals surface area contributed by atoms with Crippen LogP contribution in [0.3, 0.4) is 0 Å². The molecule has 0 aliphatic carbocycles. The number of esters is 2. The van der Waals surface area contributed by atoms with Crippen molar-refractivity contribution in [3.63, 3.8) is 0 Å². The SMILES string of the molecule is CCOC(=O)C(C)(C(=O)OCC)C1CCNCC1. The van der Waals surface area contributed by atoms with Gasteiger partial charge in [0.15, 0.2) is 5.41 Å². The van der Waals surface area contributed by atoms with E-state index in [1.54, 1.807) is 20.8 Å². The summed E-state index contributed by atoms with van der Waals surface area (Å²) in [6.45, 7) is 7.33. The summed E-state index contributed by atoms with van der Waals surface area (Å²) in [5.74, 6) is -0.942. The van der Waals surface area contributed by atoms with Gasteiger partial charge in [0.05, 0.1) is 13.2 Å². The number of ether oxygens (including phenoxy) is 2. The van der Waals surface area contributed by atoms with E-state index >= 15 is 0 Å². The molecule has 0 unspecified atom stereocenters. The van der Waals surface area contributed by atoms with Gasteiger partial charge in [-0.1, -0.05) is 0 Å². The van der Waals surface area contributed by atoms with Crippen LogP contribution in [0.15, 0.2) is 0 Å². The molecule has 0 aromatic rings. The van der Waals surface area contributed by atoms with Gasteiger partial charge in [-0.3, -0.25) is 9.59 Å². The van der Waals surface area contributed by atoms with Crippen molar-refractivity contribution in [3.8, 4) is 0 Å². The number of hydrogen-bond donors (Lipinski definition) is 1. The quantitative estimate of drug-likeness (QED) is 0.590. The van der Waals surface area contributed by atoms with Crippen LogP contribution in [0.1, 0.15) is 33.6 Å². The lowest BCUT2D eigenvalue weighted by Gasteiger charge is -2.35. The normalized spacial score (nSPS) is 17.3. The number of carbonyl (C=O) groups excluding carboxylic acids is 2. The first-order chi connectivity index (χ1) is 8.57. The summed E-state index contributed by atoms with van der Waals surface area (Å²) in [6, 6.07) is 0. The first-order valence-corrected chi connectivity index (χ1v) is 6.62. The van der Waals surface area contributed by atoms with Crippen molar-refractivity contribution in [2.45, 2.75) is 33.6 Å². The van der Waals surface area contributed by atoms with E-state index < -0.39 is 17.4 Å². The molecule has 0 saturated carbocycles. The van der Waals surface area contributed by atoms with E-state index in [2.05, 4.69) is 5.32 Å². The fourth-order valence-corrected chi connectivity index (χ4v) is 2.38. The van der Waals surface area contributed by atoms with Gasteiger partial charge in [-0.15, -0.1) is 0 Å². The van der Waals surface area contributed by atoms with Crippen molar-refractivity contribution in [3.05, 3.63) is 0 Å². The average molecular weight is 257 g/mol. The standard InChI is InChI=1S/C13H23NO4/c1-4-17-11(15)13(3,12(16)18-5-2)10-6-8-14-9-7-10/h10,14H,4-9H2,1-3H3. The van der Waals surface area contributed by atoms with Crippen LogP contribution in [0.4, 0.5) is 0 Å². The Morgan fingerprint density at radius 3 is 1.94 bits per heavy atom. The number of nitrogens with one attached hydrogen (secondary N) is 1. The van der Waals surface area contributed by atoms with Crippen LogP contribution in [0.2, 0.25) is 0 Å². The van der Waals surface area contributed by atoms with Gasteiger partial charge in [0.25, 0.3) is 0 Å². The lowest BCUT2D eigenvalue weighted by atomic mass is 9.72. The topological polar surface area (TPSA) is 64.6 Å². The maximum absolute atomic E-state index is 12.1. The molecule has 0 aromatic carbocycles. The van der Waals surface area contributed by atoms with Gasteiger partial charge >= 0.3 is 11.9 Å². The van der Waals surface area contributed by atoms with E-state index in [9.17, 15) is 9.59 Å². The lowest BCUT2D eigenvalue weighted by molar-refractivity contribution is -0.176. The third kappa shape index (κ3) is 3.02. The molecule has 0 bridgehead atoms. The zero-order valence-electron chi connectivity index (χ0n) is 11.5. The molecule has 0 aromatic heterocycles. The van der Waals surface area contributed by atoms with Crippen LogP contribution in [0, 0.1) is 11.3 Å². The molecular formula is C13H23NO4. The fourth-order valence-electron chi connectivity index (χ4n) is 2.38. The Bertz CT molecular complexity index is 279. The van der Waals surface area contributed by atoms with Gasteiger partial charge in [-0.05, 0) is 52.6 Å². The smallest absolute Gasteiger partial charge is 0.323 e. The third-order valence-corrected chi connectivity index (χ3v) is 3.55. The first-order valence-electron chi connectivity index (χ1n) is 6.62. The highest BCUT2D eigenvalue weighted by Crippen LogP contribution is 2.36. The molecule has 0 atom stereocenters. The Morgan fingerprint density at radius 2 is 1.56 bits per heavy atom. The Kier molecular flexibility index (Phi) is 5.59. The highest BCUT2D eigenvalue weighted by atomic mass is 16.6. The predicted molar refractivity (Wildman–Crippen MR) is 67.0 cm³/mol. The van der Waals surface area contributed by atoms with E-state index in [1.807, 2.05) is 0 Å². The van der Waals surface area contributed by atoms with Gasteiger partial charge in [0.2, 0.25) is 0 Å². The summed E-state index contributed by atoms with van der Waals surface area (Å²) in [5.41, 5.74) is -1.17. The zero-order valence-corrected chi connectivity index (χ0v) is 11.5. The minimum Gasteiger partial charge on any atom is -0.465 e. The number of piperidine rings is 1. The van der Waals surface area contributed by atoms with Gasteiger partial charge in [0.1, 0.15) is 0 Å². The van der Waals surface area contributed by atoms with E-state index in [1.165, 1.54) is 0 Å². The van der Waals surface area contributed by atoms with Crippen molar-refractivity contribution in [2.24, 2.45) is 11.3 Å². The van der Waals surface area contributed by atoms with Crippen molar-refractivity contribution in [1.82, 2.24) is 5.32 Å². The van der Waals surface area contributed by atoms with Gasteiger partial charge in [-0.25, -0.2) is 0 Å². The van der Waals surface area contributed by atoms with E-state index in [4.69, 9.17) is 9.47 Å². The summed E-state index contributed by atoms with van der Waals surface area (Å²) in [6.07, 6.45) is 1.57. The average Bonchev–Trinajstić information content (AvgIpc) is 2.39. The number of rotatable bonds is 5. The maximum Gasteiger partial charge on any atom is 0.323 e. The zero-order chi connectivity index (χ0) is 13.6. The molecule has 1 aliphatic heterocycles.